The van der Waals surface area contributed by atoms with E-state index >= 15 is 0 Å². The molecule has 0 atom stereocenters. The van der Waals surface area contributed by atoms with Crippen molar-refractivity contribution in [1.29, 1.82) is 0 Å². The van der Waals surface area contributed by atoms with Gasteiger partial charge in [0.1, 0.15) is 18.6 Å². The molecule has 10 nitrogen and oxygen atoms in total. The minimum atomic E-state index is -3.89. The minimum absolute atomic E-state index is 0.0673. The van der Waals surface area contributed by atoms with E-state index in [-0.39, 0.29) is 30.6 Å². The van der Waals surface area contributed by atoms with Crippen LogP contribution in [0.5, 0.6) is 0 Å². The molecule has 0 saturated carbocycles. The Morgan fingerprint density at radius 3 is 1.79 bits per heavy atom. The summed E-state index contributed by atoms with van der Waals surface area (Å²) < 4.78 is 41.4. The van der Waals surface area contributed by atoms with E-state index in [1.165, 1.54) is 13.8 Å². The van der Waals surface area contributed by atoms with Crippen LogP contribution in [0.1, 0.15) is 33.6 Å². The fourth-order valence-electron chi connectivity index (χ4n) is 1.76. The summed E-state index contributed by atoms with van der Waals surface area (Å²) in [4.78, 5) is 36.0. The number of carbonyl (C=O) groups excluding carboxylic acids is 3. The average molecular weight is 421 g/mol. The predicted octanol–water partition coefficient (Wildman–Crippen LogP) is 0.775. The van der Waals surface area contributed by atoms with Gasteiger partial charge in [0, 0.05) is 11.1 Å². The molecule has 0 rings (SSSR count). The van der Waals surface area contributed by atoms with Crippen molar-refractivity contribution in [3.8, 4) is 0 Å². The monoisotopic (exact) mass is 421 g/mol. The molecule has 0 fully saturated rings. The van der Waals surface area contributed by atoms with Crippen molar-refractivity contribution in [3.63, 3.8) is 0 Å². The van der Waals surface area contributed by atoms with Crippen molar-refractivity contribution in [2.75, 3.05) is 25.6 Å². The van der Waals surface area contributed by atoms with Gasteiger partial charge in [-0.1, -0.05) is 20.1 Å². The van der Waals surface area contributed by atoms with E-state index in [9.17, 15) is 22.8 Å². The zero-order valence-corrected chi connectivity index (χ0v) is 17.1. The first-order valence-electron chi connectivity index (χ1n) is 8.34. The van der Waals surface area contributed by atoms with Gasteiger partial charge in [0.25, 0.3) is 10.1 Å². The van der Waals surface area contributed by atoms with Gasteiger partial charge in [-0.3, -0.25) is 4.79 Å². The maximum atomic E-state index is 12.6. The first kappa shape index (κ1) is 25.8. The second-order valence-corrected chi connectivity index (χ2v) is 7.91. The lowest BCUT2D eigenvalue weighted by atomic mass is 9.87. The Balaban J connectivity index is 5.17. The van der Waals surface area contributed by atoms with Crippen LogP contribution in [0.4, 0.5) is 0 Å². The molecule has 0 amide bonds. The van der Waals surface area contributed by atoms with Crippen molar-refractivity contribution < 1.29 is 41.3 Å². The first-order chi connectivity index (χ1) is 12.9. The third-order valence-corrected chi connectivity index (χ3v) is 4.77. The molecule has 0 saturated heterocycles. The smallest absolute Gasteiger partial charge is 0.333 e. The highest BCUT2D eigenvalue weighted by atomic mass is 32.2. The Labute approximate surface area is 164 Å². The molecule has 0 radical (unpaired) electrons. The van der Waals surface area contributed by atoms with Crippen molar-refractivity contribution in [3.05, 3.63) is 24.3 Å². The van der Waals surface area contributed by atoms with Crippen LogP contribution in [0.25, 0.3) is 0 Å². The molecule has 2 N–H and O–H groups in total. The Kier molecular flexibility index (Phi) is 10.6. The maximum Gasteiger partial charge on any atom is 0.333 e. The first-order valence-corrected chi connectivity index (χ1v) is 9.92. The minimum Gasteiger partial charge on any atom is -0.465 e. The third-order valence-electron chi connectivity index (χ3n) is 3.68. The largest absolute Gasteiger partial charge is 0.465 e. The number of rotatable bonds is 13. The lowest BCUT2D eigenvalue weighted by Gasteiger charge is -2.29. The molecule has 0 aliphatic rings. The van der Waals surface area contributed by atoms with E-state index in [0.29, 0.717) is 0 Å². The van der Waals surface area contributed by atoms with Crippen LogP contribution in [-0.4, -0.2) is 51.9 Å². The average Bonchev–Trinajstić information content (AvgIpc) is 2.64. The Morgan fingerprint density at radius 2 is 1.43 bits per heavy atom. The second kappa shape index (κ2) is 11.6. The predicted molar refractivity (Wildman–Crippen MR) is 98.9 cm³/mol. The number of ether oxygens (including phenoxy) is 3. The van der Waals surface area contributed by atoms with Crippen LogP contribution in [0.15, 0.2) is 24.3 Å². The molecule has 0 heterocycles. The van der Waals surface area contributed by atoms with Gasteiger partial charge in [-0.25, -0.2) is 9.59 Å². The van der Waals surface area contributed by atoms with Crippen molar-refractivity contribution in [1.82, 2.24) is 0 Å². The lowest BCUT2D eigenvalue weighted by Crippen LogP contribution is -2.43. The van der Waals surface area contributed by atoms with E-state index in [1.54, 1.807) is 6.92 Å². The van der Waals surface area contributed by atoms with Gasteiger partial charge in [0.2, 0.25) is 0 Å². The molecular weight excluding hydrogens is 394 g/mol. The highest BCUT2D eigenvalue weighted by Crippen LogP contribution is 2.26. The van der Waals surface area contributed by atoms with Crippen molar-refractivity contribution >= 4 is 28.0 Å². The van der Waals surface area contributed by atoms with Gasteiger partial charge in [-0.05, 0) is 26.7 Å². The van der Waals surface area contributed by atoms with Crippen LogP contribution in [0.2, 0.25) is 0 Å². The molecule has 11 heteroatoms. The van der Waals surface area contributed by atoms with Crippen LogP contribution >= 0.6 is 0 Å². The van der Waals surface area contributed by atoms with Crippen LogP contribution in [0.3, 0.4) is 0 Å². The van der Waals surface area contributed by atoms with E-state index < -0.39 is 52.4 Å². The number of nitrogens with two attached hydrogens (primary N) is 1. The fraction of sp³-hybridized carbons (Fsp3) is 0.588. The summed E-state index contributed by atoms with van der Waals surface area (Å²) in [5.74, 6) is 1.91. The van der Waals surface area contributed by atoms with E-state index in [4.69, 9.17) is 14.2 Å². The highest BCUT2D eigenvalue weighted by molar-refractivity contribution is 7.86. The van der Waals surface area contributed by atoms with Gasteiger partial charge in [0.15, 0.2) is 0 Å². The third kappa shape index (κ3) is 8.63. The normalized spacial score (nSPS) is 11.4. The number of carbonyl (C=O) groups is 3. The maximum absolute atomic E-state index is 12.6. The summed E-state index contributed by atoms with van der Waals surface area (Å²) in [5.41, 5.74) is -1.21. The highest BCUT2D eigenvalue weighted by Gasteiger charge is 2.42. The van der Waals surface area contributed by atoms with Crippen molar-refractivity contribution in [2.45, 2.75) is 33.6 Å². The standard InChI is InChI=1S/C17H27NO9S/c1-6-17(10-25-14(19)12(2)3,11-26-15(20)13(4)5)16(21)24-8-7-9-28(22,23)27-18/h2,4,6-11,18H2,1,3,5H3. The van der Waals surface area contributed by atoms with Gasteiger partial charge < -0.3 is 14.2 Å². The molecule has 0 aromatic rings. The Morgan fingerprint density at radius 1 is 0.964 bits per heavy atom. The lowest BCUT2D eigenvalue weighted by molar-refractivity contribution is -0.170. The van der Waals surface area contributed by atoms with Crippen LogP contribution in [0, 0.1) is 5.41 Å². The van der Waals surface area contributed by atoms with Gasteiger partial charge in [0.05, 0.1) is 12.4 Å². The van der Waals surface area contributed by atoms with E-state index in [1.807, 2.05) is 0 Å². The summed E-state index contributed by atoms with van der Waals surface area (Å²) in [6.45, 7) is 10.3. The van der Waals surface area contributed by atoms with Crippen LogP contribution < -0.4 is 5.90 Å². The summed E-state index contributed by atoms with van der Waals surface area (Å²) in [6, 6.07) is 0. The number of hydrogen-bond acceptors (Lipinski definition) is 10. The summed E-state index contributed by atoms with van der Waals surface area (Å²) in [7, 11) is -3.89. The molecule has 160 valence electrons. The van der Waals surface area contributed by atoms with Crippen LogP contribution in [-0.2, 0) is 43.0 Å². The zero-order chi connectivity index (χ0) is 22.0. The summed E-state index contributed by atoms with van der Waals surface area (Å²) in [6.07, 6.45) is 0.0468. The van der Waals surface area contributed by atoms with E-state index in [2.05, 4.69) is 23.3 Å². The molecule has 0 spiro atoms. The Bertz CT molecular complexity index is 682. The molecule has 0 aromatic carbocycles. The number of hydrogen-bond donors (Lipinski definition) is 1. The Hall–Kier alpha value is -2.24. The zero-order valence-electron chi connectivity index (χ0n) is 16.3. The molecule has 0 aromatic heterocycles. The quantitative estimate of drug-likeness (QED) is 0.149. The van der Waals surface area contributed by atoms with Crippen molar-refractivity contribution in [2.24, 2.45) is 11.3 Å². The molecule has 0 aliphatic heterocycles. The molecule has 0 unspecified atom stereocenters. The molecule has 28 heavy (non-hydrogen) atoms. The number of esters is 3. The molecular formula is C17H27NO9S. The topological polar surface area (TPSA) is 148 Å². The summed E-state index contributed by atoms with van der Waals surface area (Å²) in [5, 5.41) is 0. The molecule has 0 aliphatic carbocycles. The fourth-order valence-corrected chi connectivity index (χ4v) is 2.33. The summed E-state index contributed by atoms with van der Waals surface area (Å²) >= 11 is 0. The van der Waals surface area contributed by atoms with Gasteiger partial charge in [-0.2, -0.15) is 18.6 Å². The molecule has 0 bridgehead atoms. The van der Waals surface area contributed by atoms with Gasteiger partial charge >= 0.3 is 17.9 Å². The van der Waals surface area contributed by atoms with Gasteiger partial charge in [-0.15, -0.1) is 0 Å². The second-order valence-electron chi connectivity index (χ2n) is 6.19. The van der Waals surface area contributed by atoms with E-state index in [0.717, 1.165) is 0 Å². The SMILES string of the molecule is C=C(C)C(=O)OCC(CC)(COC(=O)C(=C)C)C(=O)OCCCS(=O)(=O)ON.